The summed E-state index contributed by atoms with van der Waals surface area (Å²) >= 11 is 5.91. The number of hydrogen-bond donors (Lipinski definition) is 3. The van der Waals surface area contributed by atoms with Crippen molar-refractivity contribution >= 4 is 33.2 Å². The fourth-order valence-electron chi connectivity index (χ4n) is 2.82. The van der Waals surface area contributed by atoms with E-state index in [9.17, 15) is 27.1 Å². The number of hydrogen-bond acceptors (Lipinski definition) is 4. The molecule has 10 heteroatoms. The Bertz CT molecular complexity index is 1280. The number of sulfonamides is 1. The molecule has 0 aliphatic rings. The zero-order chi connectivity index (χ0) is 23.6. The molecule has 3 N–H and O–H groups in total. The number of benzene rings is 2. The molecule has 0 aliphatic heterocycles. The van der Waals surface area contributed by atoms with Gasteiger partial charge in [-0.15, -0.1) is 0 Å². The van der Waals surface area contributed by atoms with Crippen LogP contribution in [0.4, 0.5) is 14.5 Å². The molecule has 0 heterocycles. The molecular weight excluding hydrogens is 462 g/mol. The highest BCUT2D eigenvalue weighted by molar-refractivity contribution is 7.92. The summed E-state index contributed by atoms with van der Waals surface area (Å²) < 4.78 is 56.5. The summed E-state index contributed by atoms with van der Waals surface area (Å²) in [5.41, 5.74) is -0.457. The number of aromatic hydroxyl groups is 1. The molecule has 0 saturated carbocycles. The highest BCUT2D eigenvalue weighted by Gasteiger charge is 2.25. The first-order valence-electron chi connectivity index (χ1n) is 9.23. The lowest BCUT2D eigenvalue weighted by molar-refractivity contribution is 0.0943. The normalized spacial score (nSPS) is 11.2. The molecule has 3 aromatic rings. The van der Waals surface area contributed by atoms with Crippen LogP contribution in [0.25, 0.3) is 11.1 Å². The van der Waals surface area contributed by atoms with Crippen LogP contribution in [-0.2, 0) is 10.0 Å². The van der Waals surface area contributed by atoms with Gasteiger partial charge in [0.25, 0.3) is 15.9 Å². The van der Waals surface area contributed by atoms with Gasteiger partial charge in [-0.25, -0.2) is 17.2 Å². The van der Waals surface area contributed by atoms with Crippen molar-refractivity contribution in [2.24, 2.45) is 0 Å². The van der Waals surface area contributed by atoms with Gasteiger partial charge in [0, 0.05) is 23.2 Å². The second-order valence-electron chi connectivity index (χ2n) is 7.07. The summed E-state index contributed by atoms with van der Waals surface area (Å²) in [7, 11) is -4.63. The van der Waals surface area contributed by atoms with Gasteiger partial charge in [-0.3, -0.25) is 9.52 Å². The van der Waals surface area contributed by atoms with Crippen LogP contribution in [-0.4, -0.2) is 25.5 Å². The maximum Gasteiger partial charge on any atom is 0.265 e. The Morgan fingerprint density at radius 2 is 1.84 bits per heavy atom. The van der Waals surface area contributed by atoms with E-state index in [1.807, 2.05) is 4.72 Å². The molecule has 32 heavy (non-hydrogen) atoms. The van der Waals surface area contributed by atoms with Crippen LogP contribution in [0, 0.1) is 23.8 Å². The molecule has 166 valence electrons. The average Bonchev–Trinajstić information content (AvgIpc) is 2.71. The maximum atomic E-state index is 14.4. The maximum absolute atomic E-state index is 14.4. The van der Waals surface area contributed by atoms with Gasteiger partial charge in [0.15, 0.2) is 5.75 Å². The molecular formula is C22H17ClF2N2O4S. The number of phenols is 1. The van der Waals surface area contributed by atoms with Gasteiger partial charge in [0.1, 0.15) is 16.5 Å². The Balaban J connectivity index is 2.05. The van der Waals surface area contributed by atoms with Crippen LogP contribution in [0.1, 0.15) is 24.2 Å². The number of phenolic OH excluding ortho intramolecular Hbond substituents is 1. The van der Waals surface area contributed by atoms with Crippen LogP contribution in [0.3, 0.4) is 0 Å². The fraction of sp³-hybridized carbons (Fsp3) is 0.136. The largest absolute Gasteiger partial charge is 0.505 e. The van der Waals surface area contributed by atoms with Gasteiger partial charge in [0.2, 0.25) is 0 Å². The monoisotopic (exact) mass is 478 g/mol. The zero-order valence-corrected chi connectivity index (χ0v) is 18.4. The van der Waals surface area contributed by atoms with E-state index in [1.54, 1.807) is 13.8 Å². The van der Waals surface area contributed by atoms with E-state index in [-0.39, 0.29) is 17.2 Å². The molecule has 3 rings (SSSR count). The first-order chi connectivity index (χ1) is 15.0. The molecule has 0 aliphatic carbocycles. The third kappa shape index (κ3) is 4.93. The molecule has 0 bridgehead atoms. The average molecular weight is 479 g/mol. The highest BCUT2D eigenvalue weighted by atomic mass is 35.5. The van der Waals surface area contributed by atoms with Gasteiger partial charge in [-0.2, -0.15) is 0 Å². The smallest absolute Gasteiger partial charge is 0.265 e. The van der Waals surface area contributed by atoms with Crippen molar-refractivity contribution in [1.29, 1.82) is 0 Å². The van der Waals surface area contributed by atoms with E-state index in [1.165, 1.54) is 18.2 Å². The molecule has 0 fully saturated rings. The van der Waals surface area contributed by atoms with Crippen molar-refractivity contribution in [3.05, 3.63) is 76.8 Å². The summed E-state index contributed by atoms with van der Waals surface area (Å²) in [5, 5.41) is 12.4. The van der Waals surface area contributed by atoms with Crippen LogP contribution in [0.5, 0.6) is 5.75 Å². The predicted molar refractivity (Wildman–Crippen MR) is 116 cm³/mol. The first-order valence-corrected chi connectivity index (χ1v) is 11.1. The van der Waals surface area contributed by atoms with Gasteiger partial charge in [0.05, 0.1) is 10.7 Å². The highest BCUT2D eigenvalue weighted by Crippen LogP contribution is 2.35. The third-order valence-corrected chi connectivity index (χ3v) is 5.94. The van der Waals surface area contributed by atoms with Crippen molar-refractivity contribution in [1.82, 2.24) is 5.32 Å². The Morgan fingerprint density at radius 3 is 2.47 bits per heavy atom. The summed E-state index contributed by atoms with van der Waals surface area (Å²) in [5.74, 6) is -3.54. The molecule has 0 spiro atoms. The standard InChI is InChI=1S/C22H17ClF2N2O4S/c1-12(2)26-22(29)14-8-16(23)21(28)20(9-14)32(30,31)27-19-10-15(17(24)11-18(19)25)13-6-4-3-5-7-13/h4,6-12,27-28H,1-2H3,(H,26,29). The third-order valence-electron chi connectivity index (χ3n) is 4.27. The zero-order valence-electron chi connectivity index (χ0n) is 16.8. The Kier molecular flexibility index (Phi) is 6.57. The van der Waals surface area contributed by atoms with Gasteiger partial charge in [-0.05, 0) is 55.8 Å². The van der Waals surface area contributed by atoms with E-state index in [4.69, 9.17) is 11.6 Å². The summed E-state index contributed by atoms with van der Waals surface area (Å²) in [6.45, 7) is 3.41. The van der Waals surface area contributed by atoms with Crippen LogP contribution in [0.15, 0.2) is 47.4 Å². The number of halogens is 3. The number of carbonyl (C=O) groups is 1. The minimum absolute atomic E-state index is 0.0818. The molecule has 6 nitrogen and oxygen atoms in total. The summed E-state index contributed by atoms with van der Waals surface area (Å²) in [6, 6.07) is 12.9. The molecule has 0 saturated heterocycles. The predicted octanol–water partition coefficient (Wildman–Crippen LogP) is 4.53. The van der Waals surface area contributed by atoms with Crippen molar-refractivity contribution in [2.75, 3.05) is 4.72 Å². The minimum atomic E-state index is -4.63. The Morgan fingerprint density at radius 1 is 1.12 bits per heavy atom. The topological polar surface area (TPSA) is 95.5 Å². The number of nitrogens with one attached hydrogen (secondary N) is 2. The molecule has 1 amide bonds. The van der Waals surface area contributed by atoms with Crippen molar-refractivity contribution < 1.29 is 27.1 Å². The quantitative estimate of drug-likeness (QED) is 0.485. The SMILES string of the molecule is CC(C)NC(=O)c1cc(Cl)c(O)c(S(=O)(=O)Nc2cc(-c3cc#ccc3)c(F)cc2F)c1. The van der Waals surface area contributed by atoms with Gasteiger partial charge >= 0.3 is 0 Å². The summed E-state index contributed by atoms with van der Waals surface area (Å²) in [6.07, 6.45) is 0. The molecule has 0 atom stereocenters. The number of amides is 1. The number of rotatable bonds is 6. The lowest BCUT2D eigenvalue weighted by Crippen LogP contribution is -2.30. The van der Waals surface area contributed by atoms with E-state index in [0.717, 1.165) is 18.2 Å². The van der Waals surface area contributed by atoms with Crippen LogP contribution in [0.2, 0.25) is 5.02 Å². The second kappa shape index (κ2) is 9.02. The van der Waals surface area contributed by atoms with Crippen molar-refractivity contribution in [3.63, 3.8) is 0 Å². The van der Waals surface area contributed by atoms with Crippen LogP contribution >= 0.6 is 11.6 Å². The van der Waals surface area contributed by atoms with Crippen molar-refractivity contribution in [3.8, 4) is 16.9 Å². The molecule has 0 radical (unpaired) electrons. The first kappa shape index (κ1) is 23.3. The lowest BCUT2D eigenvalue weighted by atomic mass is 10.1. The summed E-state index contributed by atoms with van der Waals surface area (Å²) in [4.78, 5) is 11.5. The second-order valence-corrected chi connectivity index (χ2v) is 9.13. The van der Waals surface area contributed by atoms with E-state index >= 15 is 0 Å². The number of carbonyl (C=O) groups excluding carboxylic acids is 1. The van der Waals surface area contributed by atoms with Crippen LogP contribution < -0.4 is 10.0 Å². The Hall–Kier alpha value is -3.35. The molecule has 0 unspecified atom stereocenters. The van der Waals surface area contributed by atoms with Crippen molar-refractivity contribution in [2.45, 2.75) is 24.8 Å². The fourth-order valence-corrected chi connectivity index (χ4v) is 4.30. The number of anilines is 1. The molecule has 3 aromatic carbocycles. The molecule has 0 aromatic heterocycles. The lowest BCUT2D eigenvalue weighted by Gasteiger charge is -2.15. The minimum Gasteiger partial charge on any atom is -0.505 e. The van der Waals surface area contributed by atoms with E-state index in [0.29, 0.717) is 11.6 Å². The van der Waals surface area contributed by atoms with Gasteiger partial charge < -0.3 is 10.4 Å². The van der Waals surface area contributed by atoms with E-state index < -0.39 is 48.9 Å². The van der Waals surface area contributed by atoms with Gasteiger partial charge in [-0.1, -0.05) is 23.7 Å². The van der Waals surface area contributed by atoms with E-state index in [2.05, 4.69) is 17.4 Å². The Labute approximate surface area is 188 Å².